The van der Waals surface area contributed by atoms with Gasteiger partial charge in [-0.15, -0.1) is 0 Å². The zero-order valence-corrected chi connectivity index (χ0v) is 13.0. The Bertz CT molecular complexity index is 738. The Morgan fingerprint density at radius 2 is 2.19 bits per heavy atom. The van der Waals surface area contributed by atoms with Crippen LogP contribution in [0.15, 0.2) is 33.2 Å². The smallest absolute Gasteiger partial charge is 0.311 e. The number of hydrogen-bond acceptors (Lipinski definition) is 3. The maximum Gasteiger partial charge on any atom is 0.311 e. The summed E-state index contributed by atoms with van der Waals surface area (Å²) in [4.78, 5) is 25.2. The van der Waals surface area contributed by atoms with Crippen molar-refractivity contribution in [3.05, 3.63) is 34.5 Å². The highest BCUT2D eigenvalue weighted by atomic mass is 79.9. The number of fused-ring (bicyclic) bond motifs is 1. The molecule has 21 heavy (non-hydrogen) atoms. The van der Waals surface area contributed by atoms with E-state index in [2.05, 4.69) is 15.9 Å². The molecule has 1 aromatic heterocycles. The number of rotatable bonds is 2. The number of carbonyl (C=O) groups is 2. The van der Waals surface area contributed by atoms with Gasteiger partial charge in [-0.2, -0.15) is 0 Å². The molecule has 0 bridgehead atoms. The van der Waals surface area contributed by atoms with Crippen LogP contribution in [0.3, 0.4) is 0 Å². The van der Waals surface area contributed by atoms with Crippen molar-refractivity contribution in [2.24, 2.45) is 5.41 Å². The predicted octanol–water partition coefficient (Wildman–Crippen LogP) is 3.13. The second kappa shape index (κ2) is 4.87. The number of halogens is 1. The molecule has 0 saturated carbocycles. The summed E-state index contributed by atoms with van der Waals surface area (Å²) in [6.07, 6.45) is 0.456. The van der Waals surface area contributed by atoms with Crippen LogP contribution in [0.2, 0.25) is 0 Å². The summed E-state index contributed by atoms with van der Waals surface area (Å²) < 4.78 is 6.40. The molecule has 1 atom stereocenters. The van der Waals surface area contributed by atoms with Crippen molar-refractivity contribution in [3.63, 3.8) is 0 Å². The first-order valence-electron chi connectivity index (χ1n) is 6.61. The van der Waals surface area contributed by atoms with Crippen LogP contribution >= 0.6 is 15.9 Å². The number of likely N-dealkylation sites (tertiary alicyclic amines) is 1. The maximum absolute atomic E-state index is 12.5. The molecule has 1 aliphatic rings. The number of amides is 1. The summed E-state index contributed by atoms with van der Waals surface area (Å²) in [6, 6.07) is 7.27. The highest BCUT2D eigenvalue weighted by molar-refractivity contribution is 9.10. The van der Waals surface area contributed by atoms with Gasteiger partial charge in [0.25, 0.3) is 5.91 Å². The van der Waals surface area contributed by atoms with E-state index in [0.717, 1.165) is 9.86 Å². The molecule has 0 aliphatic carbocycles. The minimum absolute atomic E-state index is 0.208. The third kappa shape index (κ3) is 2.33. The van der Waals surface area contributed by atoms with Crippen LogP contribution in [0.25, 0.3) is 11.0 Å². The van der Waals surface area contributed by atoms with Crippen LogP contribution in [0.1, 0.15) is 23.9 Å². The van der Waals surface area contributed by atoms with Gasteiger partial charge < -0.3 is 14.4 Å². The first-order chi connectivity index (χ1) is 9.90. The average molecular weight is 352 g/mol. The number of furan rings is 1. The number of carboxylic acids is 1. The summed E-state index contributed by atoms with van der Waals surface area (Å²) in [5, 5.41) is 10.1. The van der Waals surface area contributed by atoms with Crippen LogP contribution in [0.5, 0.6) is 0 Å². The molecular formula is C15H14BrNO4. The molecule has 0 spiro atoms. The Labute approximate surface area is 129 Å². The molecule has 1 amide bonds. The lowest BCUT2D eigenvalue weighted by atomic mass is 9.90. The van der Waals surface area contributed by atoms with Crippen LogP contribution in [0, 0.1) is 5.41 Å². The van der Waals surface area contributed by atoms with Crippen molar-refractivity contribution in [3.8, 4) is 0 Å². The normalized spacial score (nSPS) is 21.9. The molecular weight excluding hydrogens is 338 g/mol. The van der Waals surface area contributed by atoms with Gasteiger partial charge in [-0.05, 0) is 41.4 Å². The number of para-hydroxylation sites is 1. The zero-order chi connectivity index (χ0) is 15.2. The number of nitrogens with zero attached hydrogens (tertiary/aromatic N) is 1. The van der Waals surface area contributed by atoms with Crippen LogP contribution < -0.4 is 0 Å². The highest BCUT2D eigenvalue weighted by Crippen LogP contribution is 2.32. The topological polar surface area (TPSA) is 70.8 Å². The summed E-state index contributed by atoms with van der Waals surface area (Å²) in [5.41, 5.74) is -0.247. The Morgan fingerprint density at radius 1 is 1.43 bits per heavy atom. The van der Waals surface area contributed by atoms with E-state index in [9.17, 15) is 14.7 Å². The average Bonchev–Trinajstić information content (AvgIpc) is 3.03. The summed E-state index contributed by atoms with van der Waals surface area (Å²) >= 11 is 3.38. The summed E-state index contributed by atoms with van der Waals surface area (Å²) in [6.45, 7) is 2.30. The molecule has 1 aliphatic heterocycles. The molecule has 1 aromatic carbocycles. The SMILES string of the molecule is C[C@]1(C(=O)O)CCN(C(=O)c2cc3cccc(Br)c3o2)C1. The largest absolute Gasteiger partial charge is 0.481 e. The minimum Gasteiger partial charge on any atom is -0.481 e. The maximum atomic E-state index is 12.5. The van der Waals surface area contributed by atoms with E-state index in [-0.39, 0.29) is 18.2 Å². The van der Waals surface area contributed by atoms with Crippen LogP contribution in [-0.4, -0.2) is 35.0 Å². The first kappa shape index (κ1) is 14.1. The van der Waals surface area contributed by atoms with Crippen molar-refractivity contribution in [2.75, 3.05) is 13.1 Å². The Kier molecular flexibility index (Phi) is 3.28. The lowest BCUT2D eigenvalue weighted by Gasteiger charge is -2.19. The van der Waals surface area contributed by atoms with E-state index in [1.54, 1.807) is 17.9 Å². The molecule has 0 unspecified atom stereocenters. The molecule has 0 radical (unpaired) electrons. The fourth-order valence-corrected chi connectivity index (χ4v) is 3.06. The monoisotopic (exact) mass is 351 g/mol. The molecule has 1 fully saturated rings. The summed E-state index contributed by atoms with van der Waals surface area (Å²) in [5.74, 6) is -0.889. The van der Waals surface area contributed by atoms with Crippen molar-refractivity contribution >= 4 is 38.8 Å². The number of carboxylic acid groups (broad SMARTS) is 1. The van der Waals surface area contributed by atoms with Crippen molar-refractivity contribution < 1.29 is 19.1 Å². The van der Waals surface area contributed by atoms with Gasteiger partial charge >= 0.3 is 5.97 Å². The minimum atomic E-state index is -0.873. The van der Waals surface area contributed by atoms with Gasteiger partial charge in [0.05, 0.1) is 9.89 Å². The number of benzene rings is 1. The Morgan fingerprint density at radius 3 is 2.81 bits per heavy atom. The first-order valence-corrected chi connectivity index (χ1v) is 7.41. The van der Waals surface area contributed by atoms with E-state index in [4.69, 9.17) is 4.42 Å². The lowest BCUT2D eigenvalue weighted by Crippen LogP contribution is -2.34. The molecule has 1 N–H and O–H groups in total. The molecule has 6 heteroatoms. The van der Waals surface area contributed by atoms with Gasteiger partial charge in [0.2, 0.25) is 0 Å². The molecule has 1 saturated heterocycles. The van der Waals surface area contributed by atoms with Crippen molar-refractivity contribution in [2.45, 2.75) is 13.3 Å². The third-order valence-corrected chi connectivity index (χ3v) is 4.61. The van der Waals surface area contributed by atoms with Gasteiger partial charge in [0, 0.05) is 18.5 Å². The van der Waals surface area contributed by atoms with E-state index in [0.29, 0.717) is 18.5 Å². The van der Waals surface area contributed by atoms with E-state index in [1.165, 1.54) is 0 Å². The molecule has 2 aromatic rings. The van der Waals surface area contributed by atoms with Gasteiger partial charge in [-0.3, -0.25) is 9.59 Å². The Hall–Kier alpha value is -1.82. The zero-order valence-electron chi connectivity index (χ0n) is 11.4. The van der Waals surface area contributed by atoms with E-state index >= 15 is 0 Å². The van der Waals surface area contributed by atoms with Gasteiger partial charge in [0.15, 0.2) is 5.76 Å². The highest BCUT2D eigenvalue weighted by Gasteiger charge is 2.42. The van der Waals surface area contributed by atoms with Crippen molar-refractivity contribution in [1.82, 2.24) is 4.90 Å². The van der Waals surface area contributed by atoms with E-state index in [1.807, 2.05) is 18.2 Å². The van der Waals surface area contributed by atoms with Crippen LogP contribution in [-0.2, 0) is 4.79 Å². The second-order valence-electron chi connectivity index (χ2n) is 5.61. The van der Waals surface area contributed by atoms with Gasteiger partial charge in [-0.25, -0.2) is 0 Å². The predicted molar refractivity (Wildman–Crippen MR) is 80.2 cm³/mol. The fourth-order valence-electron chi connectivity index (χ4n) is 2.60. The molecule has 2 heterocycles. The quantitative estimate of drug-likeness (QED) is 0.902. The second-order valence-corrected chi connectivity index (χ2v) is 6.47. The number of hydrogen-bond donors (Lipinski definition) is 1. The summed E-state index contributed by atoms with van der Waals surface area (Å²) in [7, 11) is 0. The molecule has 110 valence electrons. The van der Waals surface area contributed by atoms with Crippen molar-refractivity contribution in [1.29, 1.82) is 0 Å². The fraction of sp³-hybridized carbons (Fsp3) is 0.333. The van der Waals surface area contributed by atoms with Gasteiger partial charge in [-0.1, -0.05) is 12.1 Å². The Balaban J connectivity index is 1.88. The van der Waals surface area contributed by atoms with Crippen LogP contribution in [0.4, 0.5) is 0 Å². The molecule has 3 rings (SSSR count). The number of aliphatic carboxylic acids is 1. The lowest BCUT2D eigenvalue weighted by molar-refractivity contribution is -0.147. The number of carbonyl (C=O) groups excluding carboxylic acids is 1. The molecule has 5 nitrogen and oxygen atoms in total. The third-order valence-electron chi connectivity index (χ3n) is 3.98. The standard InChI is InChI=1S/C15H14BrNO4/c1-15(14(19)20)5-6-17(8-15)13(18)11-7-9-3-2-4-10(16)12(9)21-11/h2-4,7H,5-6,8H2,1H3,(H,19,20)/t15-/m0/s1. The van der Waals surface area contributed by atoms with E-state index < -0.39 is 11.4 Å². The van der Waals surface area contributed by atoms with Gasteiger partial charge in [0.1, 0.15) is 5.58 Å².